The summed E-state index contributed by atoms with van der Waals surface area (Å²) in [5, 5.41) is 0.236. The molecule has 0 atom stereocenters. The van der Waals surface area contributed by atoms with Crippen molar-refractivity contribution in [2.24, 2.45) is 0 Å². The smallest absolute Gasteiger partial charge is 0.233 e. The van der Waals surface area contributed by atoms with Crippen LogP contribution in [0.25, 0.3) is 11.5 Å². The van der Waals surface area contributed by atoms with Gasteiger partial charge < -0.3 is 10.2 Å². The number of nitrogens with two attached hydrogens (primary N) is 1. The van der Waals surface area contributed by atoms with Crippen LogP contribution in [0, 0.1) is 6.92 Å². The first-order chi connectivity index (χ1) is 6.68. The van der Waals surface area contributed by atoms with Gasteiger partial charge in [-0.15, -0.1) is 0 Å². The highest BCUT2D eigenvalue weighted by atomic mass is 35.5. The lowest BCUT2D eigenvalue weighted by Gasteiger charge is -2.00. The lowest BCUT2D eigenvalue weighted by Crippen LogP contribution is -1.96. The monoisotopic (exact) mass is 210 g/mol. The third-order valence-electron chi connectivity index (χ3n) is 1.66. The summed E-state index contributed by atoms with van der Waals surface area (Å²) in [5.41, 5.74) is 6.81. The summed E-state index contributed by atoms with van der Waals surface area (Å²) in [7, 11) is 0. The van der Waals surface area contributed by atoms with Crippen LogP contribution in [-0.2, 0) is 0 Å². The number of nitrogen functional groups attached to an aromatic ring is 1. The van der Waals surface area contributed by atoms with Gasteiger partial charge in [-0.3, -0.25) is 0 Å². The van der Waals surface area contributed by atoms with Crippen LogP contribution in [0.15, 0.2) is 17.0 Å². The molecule has 0 fully saturated rings. The number of aromatic nitrogens is 3. The zero-order chi connectivity index (χ0) is 10.1. The Morgan fingerprint density at radius 1 is 1.43 bits per heavy atom. The Morgan fingerprint density at radius 3 is 2.79 bits per heavy atom. The van der Waals surface area contributed by atoms with Gasteiger partial charge in [0.05, 0.1) is 5.69 Å². The van der Waals surface area contributed by atoms with E-state index in [1.165, 1.54) is 12.6 Å². The topological polar surface area (TPSA) is 77.8 Å². The molecule has 0 radical (unpaired) electrons. The summed E-state index contributed by atoms with van der Waals surface area (Å²) in [6.07, 6.45) is 2.80. The maximum Gasteiger partial charge on any atom is 0.233 e. The third kappa shape index (κ3) is 1.42. The highest BCUT2D eigenvalue weighted by Crippen LogP contribution is 2.28. The van der Waals surface area contributed by atoms with Gasteiger partial charge in [0.25, 0.3) is 0 Å². The molecule has 0 spiro atoms. The zero-order valence-electron chi connectivity index (χ0n) is 7.36. The molecular formula is C8H7ClN4O. The average molecular weight is 211 g/mol. The Kier molecular flexibility index (Phi) is 2.09. The number of rotatable bonds is 1. The second-order valence-corrected chi connectivity index (χ2v) is 3.08. The molecule has 5 nitrogen and oxygen atoms in total. The second-order valence-electron chi connectivity index (χ2n) is 2.72. The summed E-state index contributed by atoms with van der Waals surface area (Å²) in [6.45, 7) is 1.81. The average Bonchev–Trinajstić information content (AvgIpc) is 2.51. The van der Waals surface area contributed by atoms with Crippen molar-refractivity contribution in [3.05, 3.63) is 23.4 Å². The van der Waals surface area contributed by atoms with E-state index in [9.17, 15) is 0 Å². The van der Waals surface area contributed by atoms with Gasteiger partial charge >= 0.3 is 0 Å². The Hall–Kier alpha value is -1.62. The van der Waals surface area contributed by atoms with E-state index in [2.05, 4.69) is 15.0 Å². The maximum atomic E-state index is 5.84. The quantitative estimate of drug-likeness (QED) is 0.725. The molecule has 0 saturated heterocycles. The minimum absolute atomic E-state index is 0.236. The molecule has 0 bridgehead atoms. The highest BCUT2D eigenvalue weighted by Gasteiger charge is 2.14. The first-order valence-electron chi connectivity index (χ1n) is 3.87. The molecule has 0 amide bonds. The molecule has 0 saturated carbocycles. The van der Waals surface area contributed by atoms with Crippen LogP contribution in [0.2, 0.25) is 5.15 Å². The Balaban J connectivity index is 2.61. The second kappa shape index (κ2) is 3.26. The van der Waals surface area contributed by atoms with Gasteiger partial charge in [0.1, 0.15) is 29.1 Å². The van der Waals surface area contributed by atoms with Gasteiger partial charge in [-0.1, -0.05) is 11.6 Å². The number of hydrogen-bond donors (Lipinski definition) is 1. The summed E-state index contributed by atoms with van der Waals surface area (Å²) < 4.78 is 5.16. The van der Waals surface area contributed by atoms with E-state index in [0.717, 1.165) is 5.69 Å². The molecule has 72 valence electrons. The lowest BCUT2D eigenvalue weighted by molar-refractivity contribution is 0.573. The van der Waals surface area contributed by atoms with Gasteiger partial charge in [0.15, 0.2) is 0 Å². The molecule has 6 heteroatoms. The molecule has 0 unspecified atom stereocenters. The predicted octanol–water partition coefficient (Wildman–Crippen LogP) is 1.68. The van der Waals surface area contributed by atoms with Crippen LogP contribution < -0.4 is 5.73 Å². The standard InChI is InChI=1S/C8H7ClN4O/c1-4-2-14-8(13-4)5-6(9)11-3-12-7(5)10/h2-3H,1H3,(H2,10,11,12). The van der Waals surface area contributed by atoms with Crippen LogP contribution in [-0.4, -0.2) is 15.0 Å². The number of halogens is 1. The summed E-state index contributed by atoms with van der Waals surface area (Å²) in [5.74, 6) is 0.595. The maximum absolute atomic E-state index is 5.84. The molecule has 2 aromatic heterocycles. The van der Waals surface area contributed by atoms with Crippen molar-refractivity contribution >= 4 is 17.4 Å². The first kappa shape index (κ1) is 8.96. The van der Waals surface area contributed by atoms with E-state index in [0.29, 0.717) is 11.5 Å². The highest BCUT2D eigenvalue weighted by molar-refractivity contribution is 6.32. The number of oxazole rings is 1. The summed E-state index contributed by atoms with van der Waals surface area (Å²) >= 11 is 5.84. The summed E-state index contributed by atoms with van der Waals surface area (Å²) in [6, 6.07) is 0. The van der Waals surface area contributed by atoms with Crippen molar-refractivity contribution in [1.82, 2.24) is 15.0 Å². The zero-order valence-corrected chi connectivity index (χ0v) is 8.12. The number of nitrogens with zero attached hydrogens (tertiary/aromatic N) is 3. The number of aryl methyl sites for hydroxylation is 1. The fraction of sp³-hybridized carbons (Fsp3) is 0.125. The number of hydrogen-bond acceptors (Lipinski definition) is 5. The van der Waals surface area contributed by atoms with Crippen molar-refractivity contribution in [3.8, 4) is 11.5 Å². The predicted molar refractivity (Wildman–Crippen MR) is 51.7 cm³/mol. The lowest BCUT2D eigenvalue weighted by atomic mass is 10.3. The molecule has 2 aromatic rings. The van der Waals surface area contributed by atoms with Gasteiger partial charge in [-0.05, 0) is 6.92 Å². The van der Waals surface area contributed by atoms with Crippen LogP contribution in [0.1, 0.15) is 5.69 Å². The van der Waals surface area contributed by atoms with Crippen LogP contribution in [0.3, 0.4) is 0 Å². The third-order valence-corrected chi connectivity index (χ3v) is 1.95. The Bertz CT molecular complexity index is 448. The van der Waals surface area contributed by atoms with Crippen LogP contribution in [0.5, 0.6) is 0 Å². The minimum atomic E-state index is 0.236. The molecular weight excluding hydrogens is 204 g/mol. The Morgan fingerprint density at radius 2 is 2.21 bits per heavy atom. The van der Waals surface area contributed by atoms with E-state index in [4.69, 9.17) is 21.8 Å². The van der Waals surface area contributed by atoms with Gasteiger partial charge in [-0.25, -0.2) is 15.0 Å². The fourth-order valence-electron chi connectivity index (χ4n) is 1.04. The van der Waals surface area contributed by atoms with Crippen molar-refractivity contribution < 1.29 is 4.42 Å². The molecule has 0 aliphatic rings. The molecule has 2 rings (SSSR count). The molecule has 2 heterocycles. The van der Waals surface area contributed by atoms with Crippen LogP contribution >= 0.6 is 11.6 Å². The van der Waals surface area contributed by atoms with Gasteiger partial charge in [0, 0.05) is 0 Å². The van der Waals surface area contributed by atoms with Crippen LogP contribution in [0.4, 0.5) is 5.82 Å². The van der Waals surface area contributed by atoms with Gasteiger partial charge in [0.2, 0.25) is 5.89 Å². The normalized spacial score (nSPS) is 10.4. The van der Waals surface area contributed by atoms with E-state index in [1.807, 2.05) is 0 Å². The van der Waals surface area contributed by atoms with E-state index < -0.39 is 0 Å². The largest absolute Gasteiger partial charge is 0.444 e. The molecule has 0 aliphatic carbocycles. The molecule has 14 heavy (non-hydrogen) atoms. The van der Waals surface area contributed by atoms with Gasteiger partial charge in [-0.2, -0.15) is 0 Å². The Labute approximate surface area is 84.9 Å². The van der Waals surface area contributed by atoms with E-state index in [1.54, 1.807) is 6.92 Å². The van der Waals surface area contributed by atoms with Crippen molar-refractivity contribution in [1.29, 1.82) is 0 Å². The SMILES string of the molecule is Cc1coc(-c2c(N)ncnc2Cl)n1. The van der Waals surface area contributed by atoms with Crippen molar-refractivity contribution in [2.45, 2.75) is 6.92 Å². The molecule has 0 aromatic carbocycles. The molecule has 0 aliphatic heterocycles. The number of anilines is 1. The minimum Gasteiger partial charge on any atom is -0.444 e. The molecule has 2 N–H and O–H groups in total. The first-order valence-corrected chi connectivity index (χ1v) is 4.24. The summed E-state index contributed by atoms with van der Waals surface area (Å²) in [4.78, 5) is 11.7. The fourth-order valence-corrected chi connectivity index (χ4v) is 1.26. The van der Waals surface area contributed by atoms with Crippen molar-refractivity contribution in [3.63, 3.8) is 0 Å². The van der Waals surface area contributed by atoms with E-state index in [-0.39, 0.29) is 11.0 Å². The van der Waals surface area contributed by atoms with Crippen molar-refractivity contribution in [2.75, 3.05) is 5.73 Å². The van der Waals surface area contributed by atoms with E-state index >= 15 is 0 Å².